The molecule has 0 saturated heterocycles. The lowest BCUT2D eigenvalue weighted by Crippen LogP contribution is -2.37. The van der Waals surface area contributed by atoms with Crippen LogP contribution in [0.2, 0.25) is 0 Å². The van der Waals surface area contributed by atoms with Gasteiger partial charge in [-0.3, -0.25) is 9.48 Å². The van der Waals surface area contributed by atoms with Gasteiger partial charge in [0.1, 0.15) is 5.69 Å². The van der Waals surface area contributed by atoms with Gasteiger partial charge in [-0.1, -0.05) is 25.3 Å². The molecule has 0 radical (unpaired) electrons. The highest BCUT2D eigenvalue weighted by molar-refractivity contribution is 5.94. The van der Waals surface area contributed by atoms with E-state index in [0.717, 1.165) is 18.4 Å². The molecule has 4 heteroatoms. The highest BCUT2D eigenvalue weighted by Crippen LogP contribution is 2.18. The molecule has 0 bridgehead atoms. The maximum Gasteiger partial charge on any atom is 0.270 e. The van der Waals surface area contributed by atoms with Gasteiger partial charge in [0.05, 0.1) is 6.20 Å². The van der Waals surface area contributed by atoms with Crippen LogP contribution in [0, 0.1) is 0 Å². The Bertz CT molecular complexity index is 430. The molecule has 4 nitrogen and oxygen atoms in total. The molecule has 0 atom stereocenters. The Morgan fingerprint density at radius 3 is 2.94 bits per heavy atom. The van der Waals surface area contributed by atoms with Crippen molar-refractivity contribution in [2.24, 2.45) is 7.05 Å². The number of carbonyl (C=O) groups is 1. The van der Waals surface area contributed by atoms with Crippen LogP contribution in [0.25, 0.3) is 0 Å². The topological polar surface area (TPSA) is 46.9 Å². The molecule has 1 aromatic rings. The van der Waals surface area contributed by atoms with E-state index in [4.69, 9.17) is 0 Å². The highest BCUT2D eigenvalue weighted by Gasteiger charge is 2.20. The maximum absolute atomic E-state index is 12.3. The number of nitrogens with one attached hydrogen (secondary N) is 1. The molecule has 1 aliphatic carbocycles. The number of aryl methyl sites for hydroxylation is 1. The molecule has 1 aliphatic rings. The summed E-state index contributed by atoms with van der Waals surface area (Å²) in [5, 5.41) is 7.28. The van der Waals surface area contributed by atoms with Gasteiger partial charge in [0.2, 0.25) is 0 Å². The number of carbonyl (C=O) groups excluding carboxylic acids is 1. The summed E-state index contributed by atoms with van der Waals surface area (Å²) in [5.74, 6) is -0.00116. The fourth-order valence-electron chi connectivity index (χ4n) is 2.58. The molecular formula is C14H21N3O. The van der Waals surface area contributed by atoms with Crippen molar-refractivity contribution in [2.75, 3.05) is 0 Å². The first-order valence-corrected chi connectivity index (χ1v) is 6.65. The lowest BCUT2D eigenvalue weighted by molar-refractivity contribution is 0.0917. The van der Waals surface area contributed by atoms with E-state index in [-0.39, 0.29) is 5.91 Å². The van der Waals surface area contributed by atoms with Gasteiger partial charge in [0, 0.05) is 18.7 Å². The summed E-state index contributed by atoms with van der Waals surface area (Å²) >= 11 is 0. The van der Waals surface area contributed by atoms with Crippen LogP contribution in [-0.4, -0.2) is 21.7 Å². The van der Waals surface area contributed by atoms with Gasteiger partial charge in [0.15, 0.2) is 0 Å². The molecule has 18 heavy (non-hydrogen) atoms. The van der Waals surface area contributed by atoms with Gasteiger partial charge < -0.3 is 5.32 Å². The summed E-state index contributed by atoms with van der Waals surface area (Å²) < 4.78 is 1.65. The summed E-state index contributed by atoms with van der Waals surface area (Å²) in [4.78, 5) is 12.3. The lowest BCUT2D eigenvalue weighted by atomic mass is 9.95. The molecule has 2 rings (SSSR count). The number of allylic oxidation sites excluding steroid dienone is 1. The van der Waals surface area contributed by atoms with Gasteiger partial charge >= 0.3 is 0 Å². The van der Waals surface area contributed by atoms with Crippen LogP contribution in [0.5, 0.6) is 0 Å². The molecule has 0 aliphatic heterocycles. The van der Waals surface area contributed by atoms with Gasteiger partial charge in [-0.25, -0.2) is 0 Å². The van der Waals surface area contributed by atoms with Crippen LogP contribution in [0.3, 0.4) is 0 Å². The van der Waals surface area contributed by atoms with Gasteiger partial charge in [-0.15, -0.1) is 6.58 Å². The predicted molar refractivity (Wildman–Crippen MR) is 71.4 cm³/mol. The third-order valence-electron chi connectivity index (χ3n) is 3.53. The number of aromatic nitrogens is 2. The molecule has 0 unspecified atom stereocenters. The van der Waals surface area contributed by atoms with E-state index in [1.165, 1.54) is 19.3 Å². The Morgan fingerprint density at radius 1 is 1.56 bits per heavy atom. The van der Waals surface area contributed by atoms with Crippen molar-refractivity contribution in [1.29, 1.82) is 0 Å². The van der Waals surface area contributed by atoms with Crippen LogP contribution >= 0.6 is 0 Å². The predicted octanol–water partition coefficient (Wildman–Crippen LogP) is 2.21. The minimum atomic E-state index is -0.00116. The van der Waals surface area contributed by atoms with Gasteiger partial charge in [-0.2, -0.15) is 5.10 Å². The molecule has 1 aromatic heterocycles. The van der Waals surface area contributed by atoms with Crippen LogP contribution < -0.4 is 5.32 Å². The van der Waals surface area contributed by atoms with Crippen molar-refractivity contribution in [2.45, 2.75) is 44.6 Å². The van der Waals surface area contributed by atoms with E-state index >= 15 is 0 Å². The molecule has 1 fully saturated rings. The smallest absolute Gasteiger partial charge is 0.270 e. The largest absolute Gasteiger partial charge is 0.348 e. The second-order valence-electron chi connectivity index (χ2n) is 4.94. The van der Waals surface area contributed by atoms with Crippen LogP contribution in [-0.2, 0) is 13.5 Å². The summed E-state index contributed by atoms with van der Waals surface area (Å²) in [5.41, 5.74) is 1.61. The Balaban J connectivity index is 2.07. The summed E-state index contributed by atoms with van der Waals surface area (Å²) in [6.45, 7) is 3.71. The fourth-order valence-corrected chi connectivity index (χ4v) is 2.58. The molecule has 0 aromatic carbocycles. The van der Waals surface area contributed by atoms with E-state index in [0.29, 0.717) is 18.2 Å². The zero-order valence-corrected chi connectivity index (χ0v) is 11.0. The fraction of sp³-hybridized carbons (Fsp3) is 0.571. The van der Waals surface area contributed by atoms with Crippen molar-refractivity contribution in [1.82, 2.24) is 15.1 Å². The third kappa shape index (κ3) is 2.81. The lowest BCUT2D eigenvalue weighted by Gasteiger charge is -2.22. The normalized spacial score (nSPS) is 16.5. The Morgan fingerprint density at radius 2 is 2.28 bits per heavy atom. The average Bonchev–Trinajstić information content (AvgIpc) is 2.72. The minimum absolute atomic E-state index is 0.00116. The first kappa shape index (κ1) is 12.9. The van der Waals surface area contributed by atoms with Crippen molar-refractivity contribution in [3.63, 3.8) is 0 Å². The molecular weight excluding hydrogens is 226 g/mol. The number of hydrogen-bond donors (Lipinski definition) is 1. The standard InChI is InChI=1S/C14H21N3O/c1-3-7-11-10-15-17(2)13(11)14(18)16-12-8-5-4-6-9-12/h3,10,12H,1,4-9H2,2H3,(H,16,18). The zero-order valence-electron chi connectivity index (χ0n) is 11.0. The van der Waals surface area contributed by atoms with E-state index in [1.54, 1.807) is 17.0 Å². The molecule has 1 N–H and O–H groups in total. The number of hydrogen-bond acceptors (Lipinski definition) is 2. The number of nitrogens with zero attached hydrogens (tertiary/aromatic N) is 2. The quantitative estimate of drug-likeness (QED) is 0.829. The molecule has 1 saturated carbocycles. The SMILES string of the molecule is C=CCc1cnn(C)c1C(=O)NC1CCCCC1. The van der Waals surface area contributed by atoms with Crippen LogP contribution in [0.4, 0.5) is 0 Å². The average molecular weight is 247 g/mol. The summed E-state index contributed by atoms with van der Waals surface area (Å²) in [6.07, 6.45) is 10.2. The molecule has 98 valence electrons. The number of rotatable bonds is 4. The number of amides is 1. The first-order valence-electron chi connectivity index (χ1n) is 6.65. The Kier molecular flexibility index (Phi) is 4.18. The first-order chi connectivity index (χ1) is 8.72. The minimum Gasteiger partial charge on any atom is -0.348 e. The molecule has 1 heterocycles. The van der Waals surface area contributed by atoms with Gasteiger partial charge in [-0.05, 0) is 19.3 Å². The molecule has 1 amide bonds. The van der Waals surface area contributed by atoms with Crippen molar-refractivity contribution < 1.29 is 4.79 Å². The second-order valence-corrected chi connectivity index (χ2v) is 4.94. The summed E-state index contributed by atoms with van der Waals surface area (Å²) in [7, 11) is 1.81. The molecule has 0 spiro atoms. The third-order valence-corrected chi connectivity index (χ3v) is 3.53. The Hall–Kier alpha value is -1.58. The monoisotopic (exact) mass is 247 g/mol. The van der Waals surface area contributed by atoms with Crippen molar-refractivity contribution >= 4 is 5.91 Å². The van der Waals surface area contributed by atoms with E-state index in [1.807, 2.05) is 7.05 Å². The maximum atomic E-state index is 12.3. The highest BCUT2D eigenvalue weighted by atomic mass is 16.2. The van der Waals surface area contributed by atoms with Gasteiger partial charge in [0.25, 0.3) is 5.91 Å². The van der Waals surface area contributed by atoms with Crippen LogP contribution in [0.1, 0.15) is 48.2 Å². The van der Waals surface area contributed by atoms with E-state index < -0.39 is 0 Å². The van der Waals surface area contributed by atoms with Crippen molar-refractivity contribution in [3.05, 3.63) is 30.1 Å². The van der Waals surface area contributed by atoms with E-state index in [9.17, 15) is 4.79 Å². The Labute approximate surface area is 108 Å². The second kappa shape index (κ2) is 5.85. The zero-order chi connectivity index (χ0) is 13.0. The van der Waals surface area contributed by atoms with Crippen molar-refractivity contribution in [3.8, 4) is 0 Å². The van der Waals surface area contributed by atoms with Crippen LogP contribution in [0.15, 0.2) is 18.9 Å². The summed E-state index contributed by atoms with van der Waals surface area (Å²) in [6, 6.07) is 0.331. The van der Waals surface area contributed by atoms with E-state index in [2.05, 4.69) is 17.0 Å².